The zero-order chi connectivity index (χ0) is 32.4. The molecule has 0 aromatic heterocycles. The quantitative estimate of drug-likeness (QED) is 0.108. The lowest BCUT2D eigenvalue weighted by molar-refractivity contribution is -0.622. The van der Waals surface area contributed by atoms with Gasteiger partial charge in [-0.2, -0.15) is 0 Å². The predicted molar refractivity (Wildman–Crippen MR) is 153 cm³/mol. The van der Waals surface area contributed by atoms with Crippen molar-refractivity contribution in [1.82, 2.24) is 5.32 Å². The maximum absolute atomic E-state index is 10.8. The van der Waals surface area contributed by atoms with Crippen LogP contribution in [-0.4, -0.2) is 84.1 Å². The van der Waals surface area contributed by atoms with E-state index in [9.17, 15) is 40.9 Å². The molecule has 3 aliphatic rings. The summed E-state index contributed by atoms with van der Waals surface area (Å²) in [5.41, 5.74) is 15.6. The Kier molecular flexibility index (Phi) is 10.5. The van der Waals surface area contributed by atoms with E-state index in [1.165, 1.54) is 48.5 Å². The van der Waals surface area contributed by atoms with Gasteiger partial charge in [-0.05, 0) is 55.0 Å². The van der Waals surface area contributed by atoms with E-state index < -0.39 is 49.7 Å². The fourth-order valence-corrected chi connectivity index (χ4v) is 6.53. The summed E-state index contributed by atoms with van der Waals surface area (Å²) in [6, 6.07) is 10.0. The van der Waals surface area contributed by atoms with Gasteiger partial charge in [0, 0.05) is 15.4 Å². The molecule has 2 unspecified atom stereocenters. The number of benzene rings is 2. The van der Waals surface area contributed by atoms with Crippen LogP contribution >= 0.6 is 31.9 Å². The second-order valence-electron chi connectivity index (χ2n) is 9.59. The summed E-state index contributed by atoms with van der Waals surface area (Å²) in [7, 11) is -8.58. The molecule has 20 heteroatoms. The average molecular weight is 772 g/mol. The van der Waals surface area contributed by atoms with E-state index in [0.29, 0.717) is 12.3 Å². The molecule has 43 heavy (non-hydrogen) atoms. The predicted octanol–water partition coefficient (Wildman–Crippen LogP) is -4.20. The van der Waals surface area contributed by atoms with Crippen molar-refractivity contribution in [2.24, 2.45) is 23.1 Å². The highest BCUT2D eigenvalue weighted by Gasteiger charge is 2.74. The maximum atomic E-state index is 10.8. The topological polar surface area (TPSA) is 299 Å². The fraction of sp³-hybridized carbons (Fsp3) is 0.348. The molecule has 11 N–H and O–H groups in total. The first-order valence-corrected chi connectivity index (χ1v) is 16.5. The summed E-state index contributed by atoms with van der Waals surface area (Å²) in [5, 5.41) is 23.8. The van der Waals surface area contributed by atoms with Gasteiger partial charge in [-0.25, -0.2) is 21.6 Å². The van der Waals surface area contributed by atoms with Gasteiger partial charge in [0.2, 0.25) is 11.6 Å². The number of hydrogen-bond donors (Lipinski definition) is 8. The number of amidine groups is 1. The molecule has 1 aliphatic carbocycles. The van der Waals surface area contributed by atoms with Crippen LogP contribution in [0.2, 0.25) is 0 Å². The normalized spacial score (nSPS) is 25.2. The number of rotatable bonds is 4. The number of nitrogens with one attached hydrogen (secondary N) is 3. The first kappa shape index (κ1) is 34.6. The van der Waals surface area contributed by atoms with Crippen LogP contribution in [0.5, 0.6) is 0 Å². The van der Waals surface area contributed by atoms with Crippen LogP contribution < -0.4 is 32.5 Å². The number of primary amides is 1. The van der Waals surface area contributed by atoms with Crippen LogP contribution in [0.3, 0.4) is 0 Å². The lowest BCUT2D eigenvalue weighted by Gasteiger charge is -2.42. The third-order valence-electron chi connectivity index (χ3n) is 6.88. The van der Waals surface area contributed by atoms with Crippen LogP contribution in [-0.2, 0) is 25.0 Å². The molecule has 16 nitrogen and oxygen atoms in total. The van der Waals surface area contributed by atoms with Crippen LogP contribution in [0.15, 0.2) is 67.3 Å². The van der Waals surface area contributed by atoms with Crippen molar-refractivity contribution >= 4 is 70.0 Å². The molecule has 1 spiro atoms. The summed E-state index contributed by atoms with van der Waals surface area (Å²) in [5.74, 6) is -1.69. The first-order valence-electron chi connectivity index (χ1n) is 12.1. The van der Waals surface area contributed by atoms with Gasteiger partial charge in [-0.1, -0.05) is 31.9 Å². The average Bonchev–Trinajstić information content (AvgIpc) is 3.38. The molecule has 1 saturated carbocycles. The second-order valence-corrected chi connectivity index (χ2v) is 14.2. The Bertz CT molecular complexity index is 1550. The smallest absolute Gasteiger partial charge is 0.404 e. The van der Waals surface area contributed by atoms with Crippen LogP contribution in [0, 0.1) is 5.92 Å². The Labute approximate surface area is 263 Å². The highest BCUT2D eigenvalue weighted by molar-refractivity contribution is 9.10. The van der Waals surface area contributed by atoms with E-state index in [1.807, 2.05) is 0 Å². The van der Waals surface area contributed by atoms with E-state index in [-0.39, 0.29) is 34.7 Å². The van der Waals surface area contributed by atoms with Crippen molar-refractivity contribution in [2.75, 3.05) is 6.61 Å². The molecule has 5 rings (SSSR count). The van der Waals surface area contributed by atoms with Gasteiger partial charge in [0.25, 0.3) is 0 Å². The van der Waals surface area contributed by atoms with Crippen molar-refractivity contribution in [3.05, 3.63) is 57.5 Å². The number of halogens is 2. The number of hydrogen-bond acceptors (Lipinski definition) is 13. The van der Waals surface area contributed by atoms with Crippen LogP contribution in [0.4, 0.5) is 4.79 Å². The minimum atomic E-state index is -4.29. The Morgan fingerprint density at radius 3 is 1.84 bits per heavy atom. The summed E-state index contributed by atoms with van der Waals surface area (Å²) in [6.07, 6.45) is -0.268. The SMILES string of the molecule is NC(=O)OCC1[NH+]=C(N)C2CCC(O)(O)[C@@]23NC(N)=[NH+][C@@H]13.O=S(=O)([O-])c1ccc(Br)cc1.O=S(=O)([O-])c1ccc(Br)cc1. The molecule has 1 fully saturated rings. The molecule has 2 aromatic rings. The molecule has 2 aromatic carbocycles. The lowest BCUT2D eigenvalue weighted by Crippen LogP contribution is -3.02. The van der Waals surface area contributed by atoms with Gasteiger partial charge in [-0.3, -0.25) is 26.8 Å². The minimum Gasteiger partial charge on any atom is -0.744 e. The molecule has 2 heterocycles. The highest BCUT2D eigenvalue weighted by Crippen LogP contribution is 2.45. The number of amides is 1. The Morgan fingerprint density at radius 1 is 0.953 bits per heavy atom. The molecule has 0 bridgehead atoms. The van der Waals surface area contributed by atoms with E-state index in [1.54, 1.807) is 0 Å². The van der Waals surface area contributed by atoms with Gasteiger partial charge < -0.3 is 29.8 Å². The van der Waals surface area contributed by atoms with Gasteiger partial charge in [0.05, 0.1) is 9.79 Å². The van der Waals surface area contributed by atoms with Crippen molar-refractivity contribution < 1.29 is 55.7 Å². The second kappa shape index (κ2) is 13.0. The third kappa shape index (κ3) is 8.01. The third-order valence-corrected chi connectivity index (χ3v) is 9.63. The van der Waals surface area contributed by atoms with Crippen molar-refractivity contribution in [2.45, 2.75) is 46.0 Å². The number of carbonyl (C=O) groups excluding carboxylic acids is 1. The summed E-state index contributed by atoms with van der Waals surface area (Å²) < 4.78 is 68.5. The van der Waals surface area contributed by atoms with Crippen molar-refractivity contribution in [3.63, 3.8) is 0 Å². The molecule has 2 aliphatic heterocycles. The summed E-state index contributed by atoms with van der Waals surface area (Å²) in [6.45, 7) is -0.0762. The minimum absolute atomic E-state index is 0.0762. The molecule has 0 radical (unpaired) electrons. The molecular weight excluding hydrogens is 744 g/mol. The molecular formula is C23H28Br2N6O10S2. The largest absolute Gasteiger partial charge is 0.744 e. The molecule has 236 valence electrons. The van der Waals surface area contributed by atoms with Gasteiger partial charge in [0.15, 0.2) is 17.6 Å². The van der Waals surface area contributed by atoms with Crippen LogP contribution in [0.1, 0.15) is 12.8 Å². The van der Waals surface area contributed by atoms with Crippen LogP contribution in [0.25, 0.3) is 0 Å². The summed E-state index contributed by atoms with van der Waals surface area (Å²) in [4.78, 5) is 16.4. The van der Waals surface area contributed by atoms with E-state index >= 15 is 0 Å². The number of guanidine groups is 1. The summed E-state index contributed by atoms with van der Waals surface area (Å²) >= 11 is 6.23. The monoisotopic (exact) mass is 770 g/mol. The zero-order valence-electron chi connectivity index (χ0n) is 21.9. The fourth-order valence-electron chi connectivity index (χ4n) is 5.06. The Balaban J connectivity index is 0.000000195. The number of ether oxygens (including phenoxy) is 1. The lowest BCUT2D eigenvalue weighted by atomic mass is 9.72. The Morgan fingerprint density at radius 2 is 1.42 bits per heavy atom. The zero-order valence-corrected chi connectivity index (χ0v) is 26.7. The van der Waals surface area contributed by atoms with Gasteiger partial charge in [-0.15, -0.1) is 0 Å². The van der Waals surface area contributed by atoms with E-state index in [4.69, 9.17) is 21.9 Å². The maximum Gasteiger partial charge on any atom is 0.404 e. The Hall–Kier alpha value is -2.85. The van der Waals surface area contributed by atoms with Crippen molar-refractivity contribution in [3.8, 4) is 0 Å². The van der Waals surface area contributed by atoms with E-state index in [0.717, 1.165) is 8.95 Å². The number of carbonyl (C=O) groups is 1. The van der Waals surface area contributed by atoms with Gasteiger partial charge in [0.1, 0.15) is 32.8 Å². The van der Waals surface area contributed by atoms with Gasteiger partial charge >= 0.3 is 12.1 Å². The standard InChI is InChI=1S/C11H18N6O4.2C6H5BrO3S/c12-7-4-1-2-10(19,20)11(4)6(16-8(13)17-11)5(15-7)3-21-9(14)18;2*7-5-1-3-6(4-2-5)11(8,9)10/h4-6,19-20H,1-3H2,(H2,12,15)(H2,14,18)(H3,13,16,17);2*1-4H,(H,8,9,10)/t4?,5?,6-,11+;;/m0../s1. The first-order chi connectivity index (χ1) is 19.8. The number of nitrogens with two attached hydrogens (primary N) is 3. The molecule has 1 amide bonds. The van der Waals surface area contributed by atoms with Crippen molar-refractivity contribution in [1.29, 1.82) is 0 Å². The number of aliphatic hydroxyl groups is 2. The molecule has 0 saturated heterocycles. The molecule has 4 atom stereocenters. The highest BCUT2D eigenvalue weighted by atomic mass is 79.9. The van der Waals surface area contributed by atoms with E-state index in [2.05, 4.69) is 47.2 Å².